The monoisotopic (exact) mass is 409 g/mol. The molecule has 4 rings (SSSR count). The number of rotatable bonds is 6. The summed E-state index contributed by atoms with van der Waals surface area (Å²) in [4.78, 5) is 19.9. The largest absolute Gasteiger partial charge is 0.481 e. The van der Waals surface area contributed by atoms with Crippen LogP contribution in [0.1, 0.15) is 21.7 Å². The van der Waals surface area contributed by atoms with E-state index in [9.17, 15) is 4.79 Å². The average Bonchev–Trinajstić information content (AvgIpc) is 3.05. The minimum atomic E-state index is -0.203. The Hall–Kier alpha value is -2.97. The number of aryl methyl sites for hydroxylation is 1. The van der Waals surface area contributed by atoms with Crippen molar-refractivity contribution in [2.45, 2.75) is 20.4 Å². The number of anilines is 1. The summed E-state index contributed by atoms with van der Waals surface area (Å²) in [6, 6.07) is 9.22. The van der Waals surface area contributed by atoms with Crippen molar-refractivity contribution < 1.29 is 14.3 Å². The fourth-order valence-corrected chi connectivity index (χ4v) is 3.78. The first-order valence-corrected chi connectivity index (χ1v) is 10.2. The molecule has 0 radical (unpaired) electrons. The van der Waals surface area contributed by atoms with Crippen LogP contribution >= 0.6 is 0 Å². The van der Waals surface area contributed by atoms with E-state index in [1.165, 1.54) is 0 Å². The number of nitrogens with zero attached hydrogens (tertiary/aromatic N) is 4. The number of amides is 1. The normalized spacial score (nSPS) is 14.8. The van der Waals surface area contributed by atoms with Crippen LogP contribution in [0.4, 0.5) is 5.69 Å². The van der Waals surface area contributed by atoms with Gasteiger partial charge in [0, 0.05) is 31.1 Å². The standard InChI is InChI=1S/C22H27N5O3/c1-15-21(16(2)27(25-15)9-8-26-10-12-30-13-11-26)24-22(28)18-14-20(29-3)23-19-7-5-4-6-17(18)19/h4-7,14H,8-13H2,1-3H3,(H,24,28). The molecule has 0 atom stereocenters. The van der Waals surface area contributed by atoms with E-state index in [1.807, 2.05) is 42.8 Å². The number of pyridine rings is 1. The maximum atomic E-state index is 13.2. The van der Waals surface area contributed by atoms with Crippen LogP contribution < -0.4 is 10.1 Å². The maximum absolute atomic E-state index is 13.2. The fourth-order valence-electron chi connectivity index (χ4n) is 3.78. The van der Waals surface area contributed by atoms with Crippen molar-refractivity contribution in [3.05, 3.63) is 47.3 Å². The van der Waals surface area contributed by atoms with Crippen LogP contribution in [0.3, 0.4) is 0 Å². The summed E-state index contributed by atoms with van der Waals surface area (Å²) in [5.74, 6) is 0.208. The van der Waals surface area contributed by atoms with Gasteiger partial charge >= 0.3 is 0 Å². The second-order valence-electron chi connectivity index (χ2n) is 7.41. The van der Waals surface area contributed by atoms with Gasteiger partial charge in [0.2, 0.25) is 5.88 Å². The van der Waals surface area contributed by atoms with E-state index < -0.39 is 0 Å². The third-order valence-electron chi connectivity index (χ3n) is 5.50. The molecule has 3 heterocycles. The summed E-state index contributed by atoms with van der Waals surface area (Å²) >= 11 is 0. The van der Waals surface area contributed by atoms with Crippen molar-refractivity contribution in [3.8, 4) is 5.88 Å². The summed E-state index contributed by atoms with van der Waals surface area (Å²) in [5, 5.41) is 8.48. The van der Waals surface area contributed by atoms with Crippen LogP contribution in [-0.4, -0.2) is 65.5 Å². The smallest absolute Gasteiger partial charge is 0.256 e. The van der Waals surface area contributed by atoms with Crippen LogP contribution in [0.25, 0.3) is 10.9 Å². The molecule has 1 amide bonds. The molecule has 8 nitrogen and oxygen atoms in total. The fraction of sp³-hybridized carbons (Fsp3) is 0.409. The minimum absolute atomic E-state index is 0.203. The molecule has 3 aromatic rings. The van der Waals surface area contributed by atoms with Gasteiger partial charge in [-0.3, -0.25) is 14.4 Å². The number of hydrogen-bond donors (Lipinski definition) is 1. The number of carbonyl (C=O) groups is 1. The molecule has 1 aliphatic heterocycles. The van der Waals surface area contributed by atoms with E-state index in [0.717, 1.165) is 67.4 Å². The van der Waals surface area contributed by atoms with Crippen LogP contribution in [0.15, 0.2) is 30.3 Å². The molecule has 0 spiro atoms. The van der Waals surface area contributed by atoms with E-state index in [0.29, 0.717) is 11.4 Å². The van der Waals surface area contributed by atoms with Crippen LogP contribution in [0.2, 0.25) is 0 Å². The van der Waals surface area contributed by atoms with Gasteiger partial charge in [-0.25, -0.2) is 4.98 Å². The Bertz CT molecular complexity index is 1060. The number of hydrogen-bond acceptors (Lipinski definition) is 6. The number of methoxy groups -OCH3 is 1. The molecule has 0 bridgehead atoms. The molecule has 8 heteroatoms. The number of benzene rings is 1. The SMILES string of the molecule is COc1cc(C(=O)Nc2c(C)nn(CCN3CCOCC3)c2C)c2ccccc2n1. The van der Waals surface area contributed by atoms with E-state index in [4.69, 9.17) is 9.47 Å². The second kappa shape index (κ2) is 8.81. The number of carbonyl (C=O) groups excluding carboxylic acids is 1. The predicted octanol–water partition coefficient (Wildman–Crippen LogP) is 2.64. The molecule has 0 unspecified atom stereocenters. The van der Waals surface area contributed by atoms with E-state index >= 15 is 0 Å². The van der Waals surface area contributed by atoms with Gasteiger partial charge in [-0.2, -0.15) is 5.10 Å². The summed E-state index contributed by atoms with van der Waals surface area (Å²) < 4.78 is 12.7. The molecular formula is C22H27N5O3. The molecule has 0 saturated carbocycles. The average molecular weight is 409 g/mol. The summed E-state index contributed by atoms with van der Waals surface area (Å²) in [6.45, 7) is 9.03. The lowest BCUT2D eigenvalue weighted by Gasteiger charge is -2.26. The lowest BCUT2D eigenvalue weighted by molar-refractivity contribution is 0.0359. The van der Waals surface area contributed by atoms with Gasteiger partial charge in [0.1, 0.15) is 0 Å². The number of morpholine rings is 1. The third kappa shape index (κ3) is 4.15. The number of nitrogens with one attached hydrogen (secondary N) is 1. The second-order valence-corrected chi connectivity index (χ2v) is 7.41. The topological polar surface area (TPSA) is 81.5 Å². The minimum Gasteiger partial charge on any atom is -0.481 e. The van der Waals surface area contributed by atoms with Gasteiger partial charge < -0.3 is 14.8 Å². The zero-order valence-electron chi connectivity index (χ0n) is 17.6. The molecule has 1 aliphatic rings. The zero-order valence-corrected chi connectivity index (χ0v) is 17.6. The molecule has 1 aromatic carbocycles. The van der Waals surface area contributed by atoms with Gasteiger partial charge in [0.25, 0.3) is 5.91 Å². The van der Waals surface area contributed by atoms with Gasteiger partial charge in [0.05, 0.1) is 55.0 Å². The third-order valence-corrected chi connectivity index (χ3v) is 5.50. The van der Waals surface area contributed by atoms with Crippen molar-refractivity contribution in [1.82, 2.24) is 19.7 Å². The summed E-state index contributed by atoms with van der Waals surface area (Å²) in [6.07, 6.45) is 0. The molecule has 0 aliphatic carbocycles. The Kier molecular flexibility index (Phi) is 5.96. The first kappa shape index (κ1) is 20.3. The molecule has 30 heavy (non-hydrogen) atoms. The van der Waals surface area contributed by atoms with Crippen molar-refractivity contribution in [3.63, 3.8) is 0 Å². The highest BCUT2D eigenvalue weighted by Crippen LogP contribution is 2.25. The Morgan fingerprint density at radius 2 is 1.97 bits per heavy atom. The Labute approximate surface area is 175 Å². The number of ether oxygens (including phenoxy) is 2. The van der Waals surface area contributed by atoms with Crippen molar-refractivity contribution in [2.75, 3.05) is 45.3 Å². The van der Waals surface area contributed by atoms with Crippen molar-refractivity contribution in [1.29, 1.82) is 0 Å². The number of fused-ring (bicyclic) bond motifs is 1. The highest BCUT2D eigenvalue weighted by Gasteiger charge is 2.19. The predicted molar refractivity (Wildman–Crippen MR) is 115 cm³/mol. The Balaban J connectivity index is 1.55. The molecule has 1 fully saturated rings. The lowest BCUT2D eigenvalue weighted by atomic mass is 10.1. The van der Waals surface area contributed by atoms with E-state index in [2.05, 4.69) is 20.3 Å². The molecular weight excluding hydrogens is 382 g/mol. The first-order valence-electron chi connectivity index (χ1n) is 10.2. The van der Waals surface area contributed by atoms with Gasteiger partial charge in [-0.15, -0.1) is 0 Å². The number of para-hydroxylation sites is 1. The summed E-state index contributed by atoms with van der Waals surface area (Å²) in [7, 11) is 1.55. The quantitative estimate of drug-likeness (QED) is 0.674. The van der Waals surface area contributed by atoms with Gasteiger partial charge in [-0.05, 0) is 19.9 Å². The molecule has 1 saturated heterocycles. The molecule has 1 N–H and O–H groups in total. The highest BCUT2D eigenvalue weighted by atomic mass is 16.5. The first-order chi connectivity index (χ1) is 14.6. The van der Waals surface area contributed by atoms with Crippen molar-refractivity contribution >= 4 is 22.5 Å². The highest BCUT2D eigenvalue weighted by molar-refractivity contribution is 6.12. The van der Waals surface area contributed by atoms with Gasteiger partial charge in [-0.1, -0.05) is 18.2 Å². The Morgan fingerprint density at radius 1 is 1.20 bits per heavy atom. The van der Waals surface area contributed by atoms with E-state index in [1.54, 1.807) is 13.2 Å². The van der Waals surface area contributed by atoms with Crippen LogP contribution in [-0.2, 0) is 11.3 Å². The van der Waals surface area contributed by atoms with Crippen LogP contribution in [0, 0.1) is 13.8 Å². The lowest BCUT2D eigenvalue weighted by Crippen LogP contribution is -2.38. The zero-order chi connectivity index (χ0) is 21.1. The van der Waals surface area contributed by atoms with Crippen LogP contribution in [0.5, 0.6) is 5.88 Å². The molecule has 2 aromatic heterocycles. The number of aromatic nitrogens is 3. The van der Waals surface area contributed by atoms with Crippen molar-refractivity contribution in [2.24, 2.45) is 0 Å². The molecule has 158 valence electrons. The maximum Gasteiger partial charge on any atom is 0.256 e. The Morgan fingerprint density at radius 3 is 2.73 bits per heavy atom. The van der Waals surface area contributed by atoms with E-state index in [-0.39, 0.29) is 5.91 Å². The summed E-state index contributed by atoms with van der Waals surface area (Å²) in [5.41, 5.74) is 3.74. The van der Waals surface area contributed by atoms with Gasteiger partial charge in [0.15, 0.2) is 0 Å².